The standard InChI is InChI=1S/C16H17N3O4S/c20-19(21)13-5-7-14(8-6-13)24(22,23)18-10-9-12-11-17-16-4-2-1-3-15(12)16/h1-8,12,17-18H,9-11H2. The van der Waals surface area contributed by atoms with Crippen LogP contribution >= 0.6 is 0 Å². The van der Waals surface area contributed by atoms with Gasteiger partial charge < -0.3 is 5.32 Å². The van der Waals surface area contributed by atoms with Crippen LogP contribution in [0, 0.1) is 10.1 Å². The number of hydrogen-bond acceptors (Lipinski definition) is 5. The minimum absolute atomic E-state index is 0.0260. The van der Waals surface area contributed by atoms with Crippen molar-refractivity contribution in [2.75, 3.05) is 18.4 Å². The zero-order valence-electron chi connectivity index (χ0n) is 12.8. The number of benzene rings is 2. The number of nitrogens with one attached hydrogen (secondary N) is 2. The number of sulfonamides is 1. The fraction of sp³-hybridized carbons (Fsp3) is 0.250. The van der Waals surface area contributed by atoms with E-state index in [1.165, 1.54) is 29.8 Å². The highest BCUT2D eigenvalue weighted by Gasteiger charge is 2.22. The second-order valence-electron chi connectivity index (χ2n) is 5.60. The fourth-order valence-corrected chi connectivity index (χ4v) is 3.86. The summed E-state index contributed by atoms with van der Waals surface area (Å²) in [5.41, 5.74) is 2.16. The summed E-state index contributed by atoms with van der Waals surface area (Å²) in [7, 11) is -3.66. The van der Waals surface area contributed by atoms with Gasteiger partial charge in [0.15, 0.2) is 0 Å². The Kier molecular flexibility index (Phi) is 4.50. The van der Waals surface area contributed by atoms with Crippen LogP contribution in [-0.2, 0) is 10.0 Å². The molecule has 2 N–H and O–H groups in total. The summed E-state index contributed by atoms with van der Waals surface area (Å²) in [6, 6.07) is 12.9. The summed E-state index contributed by atoms with van der Waals surface area (Å²) < 4.78 is 27.0. The molecule has 0 fully saturated rings. The van der Waals surface area contributed by atoms with Gasteiger partial charge in [0.25, 0.3) is 5.69 Å². The van der Waals surface area contributed by atoms with Crippen LogP contribution in [0.15, 0.2) is 53.4 Å². The summed E-state index contributed by atoms with van der Waals surface area (Å²) in [6.45, 7) is 1.10. The minimum atomic E-state index is -3.66. The van der Waals surface area contributed by atoms with E-state index < -0.39 is 14.9 Å². The Morgan fingerprint density at radius 3 is 2.58 bits per heavy atom. The monoisotopic (exact) mass is 347 g/mol. The molecule has 2 aromatic rings. The summed E-state index contributed by atoms with van der Waals surface area (Å²) in [4.78, 5) is 10.1. The van der Waals surface area contributed by atoms with Gasteiger partial charge in [0.2, 0.25) is 10.0 Å². The Balaban J connectivity index is 1.61. The lowest BCUT2D eigenvalue weighted by molar-refractivity contribution is -0.384. The van der Waals surface area contributed by atoms with Gasteiger partial charge in [-0.1, -0.05) is 18.2 Å². The number of nitro groups is 1. The van der Waals surface area contributed by atoms with Crippen molar-refractivity contribution in [1.29, 1.82) is 0 Å². The number of hydrogen-bond donors (Lipinski definition) is 2. The van der Waals surface area contributed by atoms with Crippen LogP contribution in [0.1, 0.15) is 17.9 Å². The number of anilines is 1. The Morgan fingerprint density at radius 1 is 1.17 bits per heavy atom. The van der Waals surface area contributed by atoms with Crippen molar-refractivity contribution in [2.45, 2.75) is 17.2 Å². The average molecular weight is 347 g/mol. The fourth-order valence-electron chi connectivity index (χ4n) is 2.81. The quantitative estimate of drug-likeness (QED) is 0.617. The zero-order valence-corrected chi connectivity index (χ0v) is 13.6. The first-order chi connectivity index (χ1) is 11.5. The molecule has 126 valence electrons. The van der Waals surface area contributed by atoms with Gasteiger partial charge in [-0.2, -0.15) is 0 Å². The molecule has 0 saturated carbocycles. The summed E-state index contributed by atoms with van der Waals surface area (Å²) in [6.07, 6.45) is 0.677. The van der Waals surface area contributed by atoms with E-state index in [9.17, 15) is 18.5 Å². The highest BCUT2D eigenvalue weighted by atomic mass is 32.2. The lowest BCUT2D eigenvalue weighted by Crippen LogP contribution is -2.26. The van der Waals surface area contributed by atoms with Gasteiger partial charge in [0.1, 0.15) is 0 Å². The lowest BCUT2D eigenvalue weighted by atomic mass is 9.98. The van der Waals surface area contributed by atoms with Crippen LogP contribution in [0.3, 0.4) is 0 Å². The molecule has 1 atom stereocenters. The number of rotatable bonds is 6. The van der Waals surface area contributed by atoms with Crippen LogP contribution in [0.25, 0.3) is 0 Å². The molecule has 1 aliphatic heterocycles. The van der Waals surface area contributed by atoms with Crippen LogP contribution < -0.4 is 10.0 Å². The molecule has 0 bridgehead atoms. The largest absolute Gasteiger partial charge is 0.384 e. The van der Waals surface area contributed by atoms with Gasteiger partial charge >= 0.3 is 0 Å². The van der Waals surface area contributed by atoms with Crippen LogP contribution in [0.4, 0.5) is 11.4 Å². The van der Waals surface area contributed by atoms with Crippen LogP contribution in [0.5, 0.6) is 0 Å². The Bertz CT molecular complexity index is 850. The molecule has 0 radical (unpaired) electrons. The van der Waals surface area contributed by atoms with Crippen molar-refractivity contribution in [1.82, 2.24) is 4.72 Å². The molecule has 8 heteroatoms. The Labute approximate surface area is 139 Å². The molecule has 7 nitrogen and oxygen atoms in total. The van der Waals surface area contributed by atoms with E-state index in [-0.39, 0.29) is 16.5 Å². The molecule has 0 amide bonds. The smallest absolute Gasteiger partial charge is 0.269 e. The van der Waals surface area contributed by atoms with E-state index in [0.717, 1.165) is 12.2 Å². The van der Waals surface area contributed by atoms with E-state index in [2.05, 4.69) is 10.0 Å². The van der Waals surface area contributed by atoms with Crippen molar-refractivity contribution in [3.05, 3.63) is 64.2 Å². The third kappa shape index (κ3) is 3.39. The highest BCUT2D eigenvalue weighted by molar-refractivity contribution is 7.89. The van der Waals surface area contributed by atoms with Gasteiger partial charge in [-0.15, -0.1) is 0 Å². The molecule has 3 rings (SSSR count). The third-order valence-corrected chi connectivity index (χ3v) is 5.56. The average Bonchev–Trinajstić information content (AvgIpc) is 2.98. The molecule has 1 aliphatic rings. The highest BCUT2D eigenvalue weighted by Crippen LogP contribution is 2.32. The maximum atomic E-state index is 12.2. The third-order valence-electron chi connectivity index (χ3n) is 4.08. The summed E-state index contributed by atoms with van der Waals surface area (Å²) in [5, 5.41) is 13.9. The second kappa shape index (κ2) is 6.58. The molecule has 0 aromatic heterocycles. The molecule has 0 aliphatic carbocycles. The number of nitro benzene ring substituents is 1. The van der Waals surface area contributed by atoms with Crippen LogP contribution in [-0.4, -0.2) is 26.4 Å². The van der Waals surface area contributed by atoms with E-state index in [4.69, 9.17) is 0 Å². The van der Waals surface area contributed by atoms with Gasteiger partial charge in [-0.3, -0.25) is 10.1 Å². The summed E-state index contributed by atoms with van der Waals surface area (Å²) >= 11 is 0. The minimum Gasteiger partial charge on any atom is -0.384 e. The number of non-ortho nitro benzene ring substituents is 1. The lowest BCUT2D eigenvalue weighted by Gasteiger charge is -2.11. The number of para-hydroxylation sites is 1. The van der Waals surface area contributed by atoms with Crippen molar-refractivity contribution in [2.24, 2.45) is 0 Å². The Morgan fingerprint density at radius 2 is 1.88 bits per heavy atom. The molecule has 1 unspecified atom stereocenters. The van der Waals surface area contributed by atoms with E-state index in [1.807, 2.05) is 24.3 Å². The van der Waals surface area contributed by atoms with Gasteiger partial charge in [-0.05, 0) is 30.2 Å². The first kappa shape index (κ1) is 16.4. The molecular weight excluding hydrogens is 330 g/mol. The molecule has 1 heterocycles. The van der Waals surface area contributed by atoms with Crippen molar-refractivity contribution in [3.8, 4) is 0 Å². The number of nitrogens with zero attached hydrogens (tertiary/aromatic N) is 1. The SMILES string of the molecule is O=[N+]([O-])c1ccc(S(=O)(=O)NCCC2CNc3ccccc32)cc1. The molecule has 2 aromatic carbocycles. The molecule has 0 spiro atoms. The maximum Gasteiger partial charge on any atom is 0.269 e. The zero-order chi connectivity index (χ0) is 17.2. The van der Waals surface area contributed by atoms with E-state index in [1.54, 1.807) is 0 Å². The normalized spacial score (nSPS) is 16.4. The predicted octanol–water partition coefficient (Wildman–Crippen LogP) is 2.47. The molecule has 0 saturated heterocycles. The van der Waals surface area contributed by atoms with Gasteiger partial charge in [0, 0.05) is 36.8 Å². The van der Waals surface area contributed by atoms with Crippen molar-refractivity contribution >= 4 is 21.4 Å². The Hall–Kier alpha value is -2.45. The predicted molar refractivity (Wildman–Crippen MR) is 90.6 cm³/mol. The first-order valence-electron chi connectivity index (χ1n) is 7.54. The van der Waals surface area contributed by atoms with E-state index >= 15 is 0 Å². The summed E-state index contributed by atoms with van der Waals surface area (Å²) in [5.74, 6) is 0.265. The second-order valence-corrected chi connectivity index (χ2v) is 7.37. The maximum absolute atomic E-state index is 12.2. The molecule has 24 heavy (non-hydrogen) atoms. The van der Waals surface area contributed by atoms with Crippen LogP contribution in [0.2, 0.25) is 0 Å². The molecular formula is C16H17N3O4S. The first-order valence-corrected chi connectivity index (χ1v) is 9.02. The van der Waals surface area contributed by atoms with Crippen molar-refractivity contribution < 1.29 is 13.3 Å². The van der Waals surface area contributed by atoms with E-state index in [0.29, 0.717) is 13.0 Å². The van der Waals surface area contributed by atoms with Gasteiger partial charge in [-0.25, -0.2) is 13.1 Å². The van der Waals surface area contributed by atoms with Gasteiger partial charge in [0.05, 0.1) is 9.82 Å². The topological polar surface area (TPSA) is 101 Å². The van der Waals surface area contributed by atoms with Crippen molar-refractivity contribution in [3.63, 3.8) is 0 Å². The number of fused-ring (bicyclic) bond motifs is 1.